The van der Waals surface area contributed by atoms with E-state index in [4.69, 9.17) is 16.1 Å². The van der Waals surface area contributed by atoms with Crippen LogP contribution < -0.4 is 10.6 Å². The first-order valence-corrected chi connectivity index (χ1v) is 6.16. The molecule has 5 nitrogen and oxygen atoms in total. The van der Waals surface area contributed by atoms with Crippen molar-refractivity contribution in [3.63, 3.8) is 0 Å². The average Bonchev–Trinajstić information content (AvgIpc) is 2.78. The van der Waals surface area contributed by atoms with Gasteiger partial charge >= 0.3 is 0 Å². The third-order valence-corrected chi connectivity index (χ3v) is 3.01. The fourth-order valence-electron chi connectivity index (χ4n) is 1.56. The second-order valence-corrected chi connectivity index (χ2v) is 4.54. The van der Waals surface area contributed by atoms with Gasteiger partial charge in [0, 0.05) is 16.8 Å². The van der Waals surface area contributed by atoms with Gasteiger partial charge in [-0.2, -0.15) is 0 Å². The minimum Gasteiger partial charge on any atom is -0.360 e. The summed E-state index contributed by atoms with van der Waals surface area (Å²) in [6, 6.07) is 7.10. The van der Waals surface area contributed by atoms with Gasteiger partial charge in [-0.15, -0.1) is 0 Å². The highest BCUT2D eigenvalue weighted by atomic mass is 35.5. The number of hydrogen-bond acceptors (Lipinski definition) is 4. The van der Waals surface area contributed by atoms with Crippen molar-refractivity contribution < 1.29 is 9.32 Å². The monoisotopic (exact) mass is 279 g/mol. The number of aromatic nitrogens is 1. The van der Waals surface area contributed by atoms with Gasteiger partial charge in [0.1, 0.15) is 5.76 Å². The highest BCUT2D eigenvalue weighted by Crippen LogP contribution is 2.22. The smallest absolute Gasteiger partial charge is 0.243 e. The molecule has 1 aromatic heterocycles. The molecule has 6 heteroatoms. The van der Waals surface area contributed by atoms with Crippen LogP contribution in [-0.4, -0.2) is 17.6 Å². The number of nitrogens with one attached hydrogen (secondary N) is 2. The predicted molar refractivity (Wildman–Crippen MR) is 74.5 cm³/mol. The molecule has 0 unspecified atom stereocenters. The lowest BCUT2D eigenvalue weighted by molar-refractivity contribution is -0.114. The summed E-state index contributed by atoms with van der Waals surface area (Å²) in [6.45, 7) is 3.75. The highest BCUT2D eigenvalue weighted by Gasteiger charge is 2.07. The molecule has 1 aromatic carbocycles. The van der Waals surface area contributed by atoms with Crippen LogP contribution in [0.25, 0.3) is 0 Å². The van der Waals surface area contributed by atoms with Crippen molar-refractivity contribution in [2.24, 2.45) is 0 Å². The SMILES string of the molecule is Cc1cc(NCC(=O)Nc2cccc(Cl)c2C)no1. The van der Waals surface area contributed by atoms with Crippen molar-refractivity contribution in [3.8, 4) is 0 Å². The molecule has 1 heterocycles. The maximum atomic E-state index is 11.8. The zero-order valence-electron chi connectivity index (χ0n) is 10.7. The van der Waals surface area contributed by atoms with E-state index < -0.39 is 0 Å². The number of amides is 1. The highest BCUT2D eigenvalue weighted by molar-refractivity contribution is 6.31. The first-order chi connectivity index (χ1) is 9.06. The van der Waals surface area contributed by atoms with Gasteiger partial charge in [-0.1, -0.05) is 22.8 Å². The molecular formula is C13H14ClN3O2. The lowest BCUT2D eigenvalue weighted by atomic mass is 10.2. The molecule has 0 atom stereocenters. The van der Waals surface area contributed by atoms with Crippen molar-refractivity contribution in [2.45, 2.75) is 13.8 Å². The summed E-state index contributed by atoms with van der Waals surface area (Å²) in [5.74, 6) is 1.05. The van der Waals surface area contributed by atoms with E-state index in [1.807, 2.05) is 6.92 Å². The van der Waals surface area contributed by atoms with Crippen LogP contribution in [0.3, 0.4) is 0 Å². The van der Waals surface area contributed by atoms with E-state index in [0.717, 1.165) is 5.56 Å². The maximum Gasteiger partial charge on any atom is 0.243 e. The summed E-state index contributed by atoms with van der Waals surface area (Å²) in [4.78, 5) is 11.8. The van der Waals surface area contributed by atoms with Crippen LogP contribution in [0.1, 0.15) is 11.3 Å². The van der Waals surface area contributed by atoms with E-state index in [1.54, 1.807) is 31.2 Å². The number of carbonyl (C=O) groups is 1. The van der Waals surface area contributed by atoms with Crippen LogP contribution in [0, 0.1) is 13.8 Å². The Hall–Kier alpha value is -2.01. The first-order valence-electron chi connectivity index (χ1n) is 5.78. The van der Waals surface area contributed by atoms with Crippen molar-refractivity contribution in [1.82, 2.24) is 5.16 Å². The Morgan fingerprint density at radius 2 is 2.21 bits per heavy atom. The van der Waals surface area contributed by atoms with E-state index >= 15 is 0 Å². The largest absolute Gasteiger partial charge is 0.360 e. The van der Waals surface area contributed by atoms with Crippen LogP contribution in [0.2, 0.25) is 5.02 Å². The predicted octanol–water partition coefficient (Wildman–Crippen LogP) is 3.00. The molecular weight excluding hydrogens is 266 g/mol. The Bertz CT molecular complexity index is 595. The van der Waals surface area contributed by atoms with Gasteiger partial charge in [0.15, 0.2) is 5.82 Å². The van der Waals surface area contributed by atoms with E-state index in [9.17, 15) is 4.79 Å². The molecule has 1 amide bonds. The normalized spacial score (nSPS) is 10.3. The number of hydrogen-bond donors (Lipinski definition) is 2. The Morgan fingerprint density at radius 3 is 2.89 bits per heavy atom. The number of anilines is 2. The Balaban J connectivity index is 1.92. The minimum absolute atomic E-state index is 0.109. The first kappa shape index (κ1) is 13.4. The molecule has 0 spiro atoms. The number of halogens is 1. The van der Waals surface area contributed by atoms with Crippen molar-refractivity contribution in [3.05, 3.63) is 40.6 Å². The van der Waals surface area contributed by atoms with Gasteiger partial charge in [0.25, 0.3) is 0 Å². The zero-order chi connectivity index (χ0) is 13.8. The number of nitrogens with zero attached hydrogens (tertiary/aromatic N) is 1. The minimum atomic E-state index is -0.175. The topological polar surface area (TPSA) is 67.2 Å². The fraction of sp³-hybridized carbons (Fsp3) is 0.231. The van der Waals surface area contributed by atoms with Crippen LogP contribution in [0.4, 0.5) is 11.5 Å². The van der Waals surface area contributed by atoms with E-state index in [-0.39, 0.29) is 12.5 Å². The summed E-state index contributed by atoms with van der Waals surface area (Å²) >= 11 is 5.98. The molecule has 2 rings (SSSR count). The molecule has 0 radical (unpaired) electrons. The Kier molecular flexibility index (Phi) is 4.06. The molecule has 19 heavy (non-hydrogen) atoms. The van der Waals surface area contributed by atoms with Crippen LogP contribution in [-0.2, 0) is 4.79 Å². The van der Waals surface area contributed by atoms with Gasteiger partial charge in [-0.3, -0.25) is 4.79 Å². The maximum absolute atomic E-state index is 11.8. The van der Waals surface area contributed by atoms with Crippen LogP contribution in [0.5, 0.6) is 0 Å². The molecule has 0 saturated carbocycles. The molecule has 0 aliphatic heterocycles. The fourth-order valence-corrected chi connectivity index (χ4v) is 1.73. The van der Waals surface area contributed by atoms with Crippen molar-refractivity contribution in [2.75, 3.05) is 17.2 Å². The third kappa shape index (κ3) is 3.48. The number of benzene rings is 1. The second-order valence-electron chi connectivity index (χ2n) is 4.14. The Labute approximate surface area is 115 Å². The molecule has 0 bridgehead atoms. The van der Waals surface area contributed by atoms with Gasteiger partial charge < -0.3 is 15.2 Å². The number of rotatable bonds is 4. The summed E-state index contributed by atoms with van der Waals surface area (Å²) in [5.41, 5.74) is 1.55. The lowest BCUT2D eigenvalue weighted by Crippen LogP contribution is -2.22. The summed E-state index contributed by atoms with van der Waals surface area (Å²) in [6.07, 6.45) is 0. The van der Waals surface area contributed by atoms with Crippen molar-refractivity contribution >= 4 is 29.0 Å². The third-order valence-electron chi connectivity index (χ3n) is 2.60. The molecule has 0 aliphatic carbocycles. The molecule has 0 fully saturated rings. The zero-order valence-corrected chi connectivity index (χ0v) is 11.4. The second kappa shape index (κ2) is 5.75. The quantitative estimate of drug-likeness (QED) is 0.903. The number of carbonyl (C=O) groups excluding carboxylic acids is 1. The standard InChI is InChI=1S/C13H14ClN3O2/c1-8-6-12(17-19-8)15-7-13(18)16-11-5-3-4-10(14)9(11)2/h3-6H,7H2,1-2H3,(H,15,17)(H,16,18). The molecule has 0 aliphatic rings. The molecule has 2 aromatic rings. The Morgan fingerprint density at radius 1 is 1.42 bits per heavy atom. The summed E-state index contributed by atoms with van der Waals surface area (Å²) in [5, 5.41) is 10.0. The van der Waals surface area contributed by atoms with Gasteiger partial charge in [0.2, 0.25) is 5.91 Å². The van der Waals surface area contributed by atoms with Gasteiger partial charge in [0.05, 0.1) is 6.54 Å². The average molecular weight is 280 g/mol. The molecule has 2 N–H and O–H groups in total. The van der Waals surface area contributed by atoms with E-state index in [1.165, 1.54) is 0 Å². The van der Waals surface area contributed by atoms with Gasteiger partial charge in [-0.25, -0.2) is 0 Å². The van der Waals surface area contributed by atoms with Crippen LogP contribution >= 0.6 is 11.6 Å². The summed E-state index contributed by atoms with van der Waals surface area (Å²) in [7, 11) is 0. The van der Waals surface area contributed by atoms with Crippen LogP contribution in [0.15, 0.2) is 28.8 Å². The lowest BCUT2D eigenvalue weighted by Gasteiger charge is -2.09. The summed E-state index contributed by atoms with van der Waals surface area (Å²) < 4.78 is 4.89. The molecule has 0 saturated heterocycles. The van der Waals surface area contributed by atoms with E-state index in [0.29, 0.717) is 22.3 Å². The number of aryl methyl sites for hydroxylation is 1. The molecule has 100 valence electrons. The van der Waals surface area contributed by atoms with Gasteiger partial charge in [-0.05, 0) is 31.5 Å². The van der Waals surface area contributed by atoms with E-state index in [2.05, 4.69) is 15.8 Å². The van der Waals surface area contributed by atoms with Crippen molar-refractivity contribution in [1.29, 1.82) is 0 Å².